The lowest BCUT2D eigenvalue weighted by molar-refractivity contribution is -0.161. The second kappa shape index (κ2) is 59.9. The van der Waals surface area contributed by atoms with Crippen molar-refractivity contribution in [3.05, 3.63) is 158 Å². The molecule has 0 rings (SSSR count). The average Bonchev–Trinajstić information content (AvgIpc) is 3.41. The number of allylic oxidation sites excluding steroid dienone is 26. The number of hydrogen-bond acceptors (Lipinski definition) is 8. The van der Waals surface area contributed by atoms with Crippen LogP contribution < -0.4 is 5.73 Å². The van der Waals surface area contributed by atoms with E-state index in [2.05, 4.69) is 172 Å². The molecule has 0 fully saturated rings. The Morgan fingerprint density at radius 2 is 0.724 bits per heavy atom. The number of nitrogens with two attached hydrogens (primary N) is 1. The number of esters is 2. The van der Waals surface area contributed by atoms with Crippen LogP contribution in [0.25, 0.3) is 0 Å². The predicted octanol–water partition coefficient (Wildman–Crippen LogP) is 18.9. The molecule has 3 N–H and O–H groups in total. The molecule has 0 bridgehead atoms. The predicted molar refractivity (Wildman–Crippen MR) is 325 cm³/mol. The zero-order chi connectivity index (χ0) is 55.2. The highest BCUT2D eigenvalue weighted by atomic mass is 31.2. The first-order valence-electron chi connectivity index (χ1n) is 29.5. The highest BCUT2D eigenvalue weighted by molar-refractivity contribution is 7.47. The summed E-state index contributed by atoms with van der Waals surface area (Å²) in [6.07, 6.45) is 87.3. The minimum atomic E-state index is -4.41. The van der Waals surface area contributed by atoms with Gasteiger partial charge in [-0.25, -0.2) is 4.57 Å². The molecule has 0 heterocycles. The lowest BCUT2D eigenvalue weighted by Crippen LogP contribution is -2.29. The van der Waals surface area contributed by atoms with Gasteiger partial charge >= 0.3 is 19.8 Å². The summed E-state index contributed by atoms with van der Waals surface area (Å²) >= 11 is 0. The van der Waals surface area contributed by atoms with Gasteiger partial charge in [-0.05, 0) is 128 Å². The molecule has 9 nitrogen and oxygen atoms in total. The largest absolute Gasteiger partial charge is 0.472 e. The molecule has 0 saturated heterocycles. The van der Waals surface area contributed by atoms with Gasteiger partial charge in [0.1, 0.15) is 6.61 Å². The molecule has 0 saturated carbocycles. The highest BCUT2D eigenvalue weighted by Gasteiger charge is 2.26. The third-order valence-electron chi connectivity index (χ3n) is 11.6. The molecular formula is C66H106NO8P. The van der Waals surface area contributed by atoms with Crippen LogP contribution in [0.2, 0.25) is 0 Å². The van der Waals surface area contributed by atoms with Gasteiger partial charge < -0.3 is 20.1 Å². The van der Waals surface area contributed by atoms with Gasteiger partial charge in [-0.1, -0.05) is 230 Å². The number of phosphoric acid groups is 1. The van der Waals surface area contributed by atoms with Crippen molar-refractivity contribution in [3.63, 3.8) is 0 Å². The summed E-state index contributed by atoms with van der Waals surface area (Å²) in [7, 11) is -4.41. The Morgan fingerprint density at radius 1 is 0.408 bits per heavy atom. The number of rotatable bonds is 53. The number of ether oxygens (including phenoxy) is 2. The summed E-state index contributed by atoms with van der Waals surface area (Å²) in [6, 6.07) is 0. The van der Waals surface area contributed by atoms with Crippen molar-refractivity contribution in [2.24, 2.45) is 5.73 Å². The van der Waals surface area contributed by atoms with Crippen molar-refractivity contribution in [1.29, 1.82) is 0 Å². The quantitative estimate of drug-likeness (QED) is 0.0264. The monoisotopic (exact) mass is 1070 g/mol. The van der Waals surface area contributed by atoms with Crippen molar-refractivity contribution in [1.82, 2.24) is 0 Å². The molecule has 2 atom stereocenters. The maximum atomic E-state index is 12.7. The first-order valence-corrected chi connectivity index (χ1v) is 31.0. The van der Waals surface area contributed by atoms with Crippen molar-refractivity contribution >= 4 is 19.8 Å². The maximum absolute atomic E-state index is 12.7. The van der Waals surface area contributed by atoms with Crippen molar-refractivity contribution in [3.8, 4) is 0 Å². The zero-order valence-electron chi connectivity index (χ0n) is 47.7. The topological polar surface area (TPSA) is 134 Å². The molecule has 10 heteroatoms. The molecular weight excluding hydrogens is 966 g/mol. The summed E-state index contributed by atoms with van der Waals surface area (Å²) < 4.78 is 32.9. The normalized spacial score (nSPS) is 14.2. The molecule has 0 radical (unpaired) electrons. The lowest BCUT2D eigenvalue weighted by atomic mass is 10.1. The Kier molecular flexibility index (Phi) is 56.4. The summed E-state index contributed by atoms with van der Waals surface area (Å²) in [4.78, 5) is 35.1. The van der Waals surface area contributed by atoms with Crippen LogP contribution in [0.5, 0.6) is 0 Å². The molecule has 0 aromatic heterocycles. The molecule has 0 spiro atoms. The summed E-state index contributed by atoms with van der Waals surface area (Å²) in [5.74, 6) is -0.878. The van der Waals surface area contributed by atoms with E-state index in [1.54, 1.807) is 0 Å². The van der Waals surface area contributed by atoms with E-state index < -0.39 is 32.5 Å². The van der Waals surface area contributed by atoms with E-state index >= 15 is 0 Å². The molecule has 76 heavy (non-hydrogen) atoms. The Bertz CT molecular complexity index is 1790. The highest BCUT2D eigenvalue weighted by Crippen LogP contribution is 2.43. The van der Waals surface area contributed by atoms with E-state index in [1.165, 1.54) is 32.1 Å². The first-order chi connectivity index (χ1) is 37.3. The maximum Gasteiger partial charge on any atom is 0.472 e. The number of unbranched alkanes of at least 4 members (excludes halogenated alkanes) is 14. The molecule has 0 aliphatic heterocycles. The van der Waals surface area contributed by atoms with Crippen molar-refractivity contribution < 1.29 is 37.6 Å². The fourth-order valence-corrected chi connectivity index (χ4v) is 8.08. The van der Waals surface area contributed by atoms with Crippen LogP contribution in [0.4, 0.5) is 0 Å². The van der Waals surface area contributed by atoms with E-state index in [1.807, 2.05) is 0 Å². The number of phosphoric ester groups is 1. The number of carbonyl (C=O) groups excluding carboxylic acids is 2. The molecule has 0 aromatic carbocycles. The Morgan fingerprint density at radius 3 is 1.08 bits per heavy atom. The van der Waals surface area contributed by atoms with Gasteiger partial charge in [-0.3, -0.25) is 18.6 Å². The molecule has 0 aromatic rings. The summed E-state index contributed by atoms with van der Waals surface area (Å²) in [5.41, 5.74) is 5.37. The Hall–Kier alpha value is -4.37. The molecule has 0 aliphatic carbocycles. The van der Waals surface area contributed by atoms with Gasteiger partial charge in [0.05, 0.1) is 13.2 Å². The SMILES string of the molecule is CC/C=C\C/C=C\C/C=C\C/C=C\C/C=C\C/C=C\C/C=C\C/C=C\C/C=C\C/C=C\C/C=C\CCCCCCCC(=O)OC(COC(=O)CCCCCCC/C=C\C/C=C\CCCCCC)COP(=O)(O)OCCN. The van der Waals surface area contributed by atoms with E-state index in [-0.39, 0.29) is 32.6 Å². The second-order valence-electron chi connectivity index (χ2n) is 18.8. The zero-order valence-corrected chi connectivity index (χ0v) is 48.6. The number of carbonyl (C=O) groups is 2. The first kappa shape index (κ1) is 71.6. The minimum Gasteiger partial charge on any atom is -0.462 e. The van der Waals surface area contributed by atoms with Crippen LogP contribution in [0, 0.1) is 0 Å². The van der Waals surface area contributed by atoms with E-state index in [4.69, 9.17) is 24.3 Å². The Balaban J connectivity index is 4.07. The van der Waals surface area contributed by atoms with Crippen LogP contribution in [0.1, 0.15) is 213 Å². The fraction of sp³-hybridized carbons (Fsp3) is 0.576. The summed E-state index contributed by atoms with van der Waals surface area (Å²) in [6.45, 7) is 3.54. The third kappa shape index (κ3) is 58.9. The van der Waals surface area contributed by atoms with Crippen LogP contribution >= 0.6 is 7.82 Å². The van der Waals surface area contributed by atoms with Crippen LogP contribution in [-0.2, 0) is 32.7 Å². The Labute approximate surface area is 464 Å². The molecule has 428 valence electrons. The van der Waals surface area contributed by atoms with Crippen molar-refractivity contribution in [2.75, 3.05) is 26.4 Å². The van der Waals surface area contributed by atoms with E-state index in [0.29, 0.717) is 12.8 Å². The average molecular weight is 1070 g/mol. The second-order valence-corrected chi connectivity index (χ2v) is 20.2. The van der Waals surface area contributed by atoms with Crippen LogP contribution in [-0.4, -0.2) is 49.3 Å². The van der Waals surface area contributed by atoms with Gasteiger partial charge in [0.15, 0.2) is 6.10 Å². The third-order valence-corrected chi connectivity index (χ3v) is 12.6. The van der Waals surface area contributed by atoms with Gasteiger partial charge in [0.25, 0.3) is 0 Å². The van der Waals surface area contributed by atoms with Gasteiger partial charge in [0, 0.05) is 19.4 Å². The fourth-order valence-electron chi connectivity index (χ4n) is 7.32. The molecule has 0 aliphatic rings. The van der Waals surface area contributed by atoms with Gasteiger partial charge in [0.2, 0.25) is 0 Å². The van der Waals surface area contributed by atoms with E-state index in [9.17, 15) is 19.0 Å². The minimum absolute atomic E-state index is 0.0395. The standard InChI is InChI=1S/C66H106NO8P/c1-3-5-7-9-11-13-15-17-19-21-22-23-24-25-26-27-28-29-30-31-32-33-34-35-36-37-38-39-40-41-42-43-45-47-49-51-53-55-57-59-66(69)75-64(63-74-76(70,71)73-61-60-67)62-72-65(68)58-56-54-52-50-48-46-44-20-18-16-14-12-10-8-6-4-2/h5,7,11,13-14,16-17,19-20,22-23,25-26,28-29,31-32,34-35,37-38,40-41,43-45,64H,3-4,6,8-10,12,15,18,21,24,27,30,33,36,39,42,46-63,67H2,1-2H3,(H,70,71)/b7-5-,13-11-,16-14-,19-17-,23-22-,26-25-,29-28-,32-31-,35-34-,38-37-,41-40-,44-20-,45-43-. The van der Waals surface area contributed by atoms with Crippen LogP contribution in [0.15, 0.2) is 158 Å². The molecule has 0 amide bonds. The smallest absolute Gasteiger partial charge is 0.462 e. The van der Waals surface area contributed by atoms with Gasteiger partial charge in [-0.15, -0.1) is 0 Å². The van der Waals surface area contributed by atoms with Gasteiger partial charge in [-0.2, -0.15) is 0 Å². The lowest BCUT2D eigenvalue weighted by Gasteiger charge is -2.19. The summed E-state index contributed by atoms with van der Waals surface area (Å²) in [5, 5.41) is 0. The van der Waals surface area contributed by atoms with Crippen LogP contribution in [0.3, 0.4) is 0 Å². The van der Waals surface area contributed by atoms with Crippen molar-refractivity contribution in [2.45, 2.75) is 219 Å². The molecule has 2 unspecified atom stereocenters. The number of hydrogen-bond donors (Lipinski definition) is 2. The van der Waals surface area contributed by atoms with E-state index in [0.717, 1.165) is 141 Å².